The maximum absolute atomic E-state index is 11.3. The summed E-state index contributed by atoms with van der Waals surface area (Å²) in [6, 6.07) is 15.3. The molecule has 0 aliphatic rings. The normalized spacial score (nSPS) is 12.7. The predicted molar refractivity (Wildman–Crippen MR) is 134 cm³/mol. The third kappa shape index (κ3) is 9.41. The van der Waals surface area contributed by atoms with Crippen molar-refractivity contribution in [2.24, 2.45) is 0 Å². The molecule has 2 atom stereocenters. The lowest BCUT2D eigenvalue weighted by atomic mass is 9.78. The van der Waals surface area contributed by atoms with Crippen LogP contribution >= 0.6 is 11.6 Å². The highest BCUT2D eigenvalue weighted by Crippen LogP contribution is 2.33. The maximum Gasteiger partial charge on any atom is 0.303 e. The second-order valence-corrected chi connectivity index (χ2v) is 9.02. The van der Waals surface area contributed by atoms with Gasteiger partial charge >= 0.3 is 17.9 Å². The lowest BCUT2D eigenvalue weighted by Crippen LogP contribution is -2.29. The summed E-state index contributed by atoms with van der Waals surface area (Å²) in [5.74, 6) is 0.0638. The molecule has 0 radical (unpaired) electrons. The lowest BCUT2D eigenvalue weighted by Gasteiger charge is -2.27. The molecule has 2 aromatic carbocycles. The van der Waals surface area contributed by atoms with E-state index >= 15 is 0 Å². The first-order valence-electron chi connectivity index (χ1n) is 11.5. The van der Waals surface area contributed by atoms with Crippen molar-refractivity contribution in [2.45, 2.75) is 52.2 Å². The number of halogens is 1. The SMILES string of the molecule is CC(=O)OC[C@H](COc1ccc(C(C)(C)c2ccc(OC[C@H](CCl)OC(C)=O)cc2)cc1)OC(C)=O. The van der Waals surface area contributed by atoms with Crippen molar-refractivity contribution in [1.29, 1.82) is 0 Å². The summed E-state index contributed by atoms with van der Waals surface area (Å²) in [6.07, 6.45) is -1.20. The molecule has 0 saturated heterocycles. The van der Waals surface area contributed by atoms with Crippen LogP contribution in [0.5, 0.6) is 11.5 Å². The van der Waals surface area contributed by atoms with Crippen LogP contribution in [0, 0.1) is 0 Å². The van der Waals surface area contributed by atoms with Crippen LogP contribution in [0.3, 0.4) is 0 Å². The zero-order valence-electron chi connectivity index (χ0n) is 21.2. The second-order valence-electron chi connectivity index (χ2n) is 8.72. The Bertz CT molecular complexity index is 1000. The molecular weight excluding hydrogens is 488 g/mol. The monoisotopic (exact) mass is 520 g/mol. The fourth-order valence-electron chi connectivity index (χ4n) is 3.39. The zero-order valence-corrected chi connectivity index (χ0v) is 22.0. The first kappa shape index (κ1) is 29.0. The highest BCUT2D eigenvalue weighted by molar-refractivity contribution is 6.18. The summed E-state index contributed by atoms with van der Waals surface area (Å²) < 4.78 is 26.6. The second kappa shape index (κ2) is 13.7. The number of esters is 3. The molecular formula is C27H33ClO8. The predicted octanol–water partition coefficient (Wildman–Crippen LogP) is 4.44. The van der Waals surface area contributed by atoms with Gasteiger partial charge in [0.2, 0.25) is 0 Å². The molecule has 8 nitrogen and oxygen atoms in total. The average molecular weight is 521 g/mol. The Balaban J connectivity index is 1.99. The molecule has 2 rings (SSSR count). The largest absolute Gasteiger partial charge is 0.490 e. The maximum atomic E-state index is 11.3. The Kier molecular flexibility index (Phi) is 11.0. The first-order valence-corrected chi connectivity index (χ1v) is 12.0. The van der Waals surface area contributed by atoms with Crippen LogP contribution in [0.1, 0.15) is 45.7 Å². The Morgan fingerprint density at radius 1 is 0.694 bits per heavy atom. The van der Waals surface area contributed by atoms with Gasteiger partial charge in [0.05, 0.1) is 5.88 Å². The van der Waals surface area contributed by atoms with E-state index in [2.05, 4.69) is 13.8 Å². The molecule has 0 bridgehead atoms. The quantitative estimate of drug-likeness (QED) is 0.217. The van der Waals surface area contributed by atoms with E-state index in [0.29, 0.717) is 11.5 Å². The molecule has 0 fully saturated rings. The van der Waals surface area contributed by atoms with Gasteiger partial charge < -0.3 is 23.7 Å². The molecule has 0 aliphatic heterocycles. The van der Waals surface area contributed by atoms with Crippen molar-refractivity contribution >= 4 is 29.5 Å². The Morgan fingerprint density at radius 2 is 1.11 bits per heavy atom. The van der Waals surface area contributed by atoms with Crippen molar-refractivity contribution in [3.63, 3.8) is 0 Å². The van der Waals surface area contributed by atoms with Crippen LogP contribution in [0.2, 0.25) is 0 Å². The van der Waals surface area contributed by atoms with Gasteiger partial charge in [-0.3, -0.25) is 14.4 Å². The molecule has 2 aromatic rings. The molecule has 0 amide bonds. The molecule has 0 spiro atoms. The molecule has 0 N–H and O–H groups in total. The van der Waals surface area contributed by atoms with E-state index < -0.39 is 30.1 Å². The fraction of sp³-hybridized carbons (Fsp3) is 0.444. The van der Waals surface area contributed by atoms with E-state index in [1.54, 1.807) is 0 Å². The van der Waals surface area contributed by atoms with Crippen LogP contribution < -0.4 is 9.47 Å². The number of carbonyl (C=O) groups is 3. The highest BCUT2D eigenvalue weighted by atomic mass is 35.5. The average Bonchev–Trinajstić information content (AvgIpc) is 2.83. The minimum Gasteiger partial charge on any atom is -0.490 e. The summed E-state index contributed by atoms with van der Waals surface area (Å²) >= 11 is 5.82. The molecule has 0 aromatic heterocycles. The van der Waals surface area contributed by atoms with E-state index in [1.165, 1.54) is 20.8 Å². The van der Waals surface area contributed by atoms with Gasteiger partial charge in [0, 0.05) is 26.2 Å². The number of alkyl halides is 1. The number of carbonyl (C=O) groups excluding carboxylic acids is 3. The van der Waals surface area contributed by atoms with E-state index in [4.69, 9.17) is 35.3 Å². The van der Waals surface area contributed by atoms with Gasteiger partial charge in [-0.2, -0.15) is 0 Å². The number of hydrogen-bond acceptors (Lipinski definition) is 8. The van der Waals surface area contributed by atoms with E-state index in [0.717, 1.165) is 11.1 Å². The number of benzene rings is 2. The summed E-state index contributed by atoms with van der Waals surface area (Å²) in [6.45, 7) is 8.28. The minimum atomic E-state index is -0.697. The third-order valence-electron chi connectivity index (χ3n) is 5.33. The van der Waals surface area contributed by atoms with Gasteiger partial charge in [0.15, 0.2) is 6.10 Å². The third-order valence-corrected chi connectivity index (χ3v) is 5.68. The Labute approximate surface area is 216 Å². The van der Waals surface area contributed by atoms with Crippen LogP contribution in [-0.2, 0) is 34.0 Å². The lowest BCUT2D eigenvalue weighted by molar-refractivity contribution is -0.158. The van der Waals surface area contributed by atoms with Gasteiger partial charge in [-0.1, -0.05) is 38.1 Å². The summed E-state index contributed by atoms with van der Waals surface area (Å²) in [5.41, 5.74) is 1.84. The summed E-state index contributed by atoms with van der Waals surface area (Å²) in [5, 5.41) is 0. The molecule has 9 heteroatoms. The van der Waals surface area contributed by atoms with Gasteiger partial charge in [-0.05, 0) is 35.4 Å². The Hall–Kier alpha value is -3.26. The van der Waals surface area contributed by atoms with E-state index in [9.17, 15) is 14.4 Å². The molecule has 0 unspecified atom stereocenters. The molecule has 0 saturated carbocycles. The van der Waals surface area contributed by atoms with Gasteiger partial charge in [0.1, 0.15) is 37.4 Å². The summed E-state index contributed by atoms with van der Waals surface area (Å²) in [7, 11) is 0. The molecule has 0 aliphatic carbocycles. The first-order chi connectivity index (χ1) is 17.0. The number of hydrogen-bond donors (Lipinski definition) is 0. The Morgan fingerprint density at radius 3 is 1.50 bits per heavy atom. The van der Waals surface area contributed by atoms with Crippen LogP contribution in [0.15, 0.2) is 48.5 Å². The van der Waals surface area contributed by atoms with Crippen molar-refractivity contribution in [1.82, 2.24) is 0 Å². The van der Waals surface area contributed by atoms with Crippen molar-refractivity contribution < 1.29 is 38.1 Å². The zero-order chi connectivity index (χ0) is 26.7. The standard InChI is InChI=1S/C27H33ClO8/c1-18(29)32-16-26(36-20(3)31)17-34-24-12-8-22(9-13-24)27(4,5)21-6-10-23(11-7-21)33-15-25(14-28)35-19(2)30/h6-13,25-26H,14-17H2,1-5H3/t25-,26+/m0/s1. The minimum absolute atomic E-state index is 0.0547. The van der Waals surface area contributed by atoms with E-state index in [1.807, 2.05) is 48.5 Å². The fourth-order valence-corrected chi connectivity index (χ4v) is 3.54. The number of ether oxygens (including phenoxy) is 5. The molecule has 0 heterocycles. The van der Waals surface area contributed by atoms with Gasteiger partial charge in [-0.15, -0.1) is 11.6 Å². The van der Waals surface area contributed by atoms with Crippen molar-refractivity contribution in [2.75, 3.05) is 25.7 Å². The van der Waals surface area contributed by atoms with Crippen molar-refractivity contribution in [3.05, 3.63) is 59.7 Å². The van der Waals surface area contributed by atoms with Crippen molar-refractivity contribution in [3.8, 4) is 11.5 Å². The highest BCUT2D eigenvalue weighted by Gasteiger charge is 2.23. The van der Waals surface area contributed by atoms with Crippen LogP contribution in [-0.4, -0.2) is 55.8 Å². The molecule has 196 valence electrons. The van der Waals surface area contributed by atoms with E-state index in [-0.39, 0.29) is 31.1 Å². The van der Waals surface area contributed by atoms with Gasteiger partial charge in [-0.25, -0.2) is 0 Å². The number of rotatable bonds is 13. The summed E-state index contributed by atoms with van der Waals surface area (Å²) in [4.78, 5) is 33.5. The van der Waals surface area contributed by atoms with Crippen LogP contribution in [0.25, 0.3) is 0 Å². The smallest absolute Gasteiger partial charge is 0.303 e. The van der Waals surface area contributed by atoms with Crippen LogP contribution in [0.4, 0.5) is 0 Å². The van der Waals surface area contributed by atoms with Gasteiger partial charge in [0.25, 0.3) is 0 Å². The topological polar surface area (TPSA) is 97.4 Å². The molecule has 36 heavy (non-hydrogen) atoms.